The molecule has 0 aliphatic rings. The number of aromatic nitrogens is 1. The molecule has 0 N–H and O–H groups in total. The minimum absolute atomic E-state index is 0.503. The molecular weight excluding hydrogens is 290 g/mol. The van der Waals surface area contributed by atoms with Gasteiger partial charge in [0.1, 0.15) is 0 Å². The number of nitrogens with zero attached hydrogens (tertiary/aromatic N) is 1. The lowest BCUT2D eigenvalue weighted by molar-refractivity contribution is 0.572. The maximum absolute atomic E-state index is 4.61. The van der Waals surface area contributed by atoms with Gasteiger partial charge in [0.15, 0.2) is 0 Å². The van der Waals surface area contributed by atoms with Gasteiger partial charge in [0.25, 0.3) is 0 Å². The van der Waals surface area contributed by atoms with Crippen LogP contribution >= 0.6 is 0 Å². The largest absolute Gasteiger partial charge is 0.261 e. The van der Waals surface area contributed by atoms with E-state index in [0.29, 0.717) is 23.7 Å². The summed E-state index contributed by atoms with van der Waals surface area (Å²) >= 11 is 0. The molecule has 2 unspecified atom stereocenters. The molecule has 0 amide bonds. The lowest BCUT2D eigenvalue weighted by Crippen LogP contribution is -2.01. The predicted octanol–water partition coefficient (Wildman–Crippen LogP) is 7.02. The zero-order valence-electron chi connectivity index (χ0n) is 16.2. The molecule has 2 aromatic rings. The highest BCUT2D eigenvalue weighted by Crippen LogP contribution is 2.28. The topological polar surface area (TPSA) is 12.9 Å². The van der Waals surface area contributed by atoms with Gasteiger partial charge in [0.05, 0.1) is 0 Å². The molecule has 0 bridgehead atoms. The van der Waals surface area contributed by atoms with Crippen molar-refractivity contribution in [2.75, 3.05) is 0 Å². The second-order valence-corrected chi connectivity index (χ2v) is 7.87. The van der Waals surface area contributed by atoms with E-state index in [0.717, 1.165) is 0 Å². The molecule has 0 saturated carbocycles. The molecule has 0 radical (unpaired) electrons. The van der Waals surface area contributed by atoms with E-state index >= 15 is 0 Å². The van der Waals surface area contributed by atoms with Crippen LogP contribution in [0.4, 0.5) is 0 Å². The summed E-state index contributed by atoms with van der Waals surface area (Å²) in [4.78, 5) is 4.61. The molecule has 2 rings (SSSR count). The molecule has 1 aromatic carbocycles. The van der Waals surface area contributed by atoms with Gasteiger partial charge in [-0.15, -0.1) is 0 Å². The number of rotatable bonds is 7. The van der Waals surface area contributed by atoms with E-state index in [9.17, 15) is 0 Å². The van der Waals surface area contributed by atoms with Crippen molar-refractivity contribution < 1.29 is 0 Å². The summed E-state index contributed by atoms with van der Waals surface area (Å²) in [6.07, 6.45) is 4.49. The third-order valence-corrected chi connectivity index (χ3v) is 5.17. The van der Waals surface area contributed by atoms with Crippen LogP contribution in [0.25, 0.3) is 0 Å². The molecule has 0 aliphatic heterocycles. The molecular formula is C23H33N. The molecule has 1 heterocycles. The number of hydrogen-bond donors (Lipinski definition) is 0. The fraction of sp³-hybridized carbons (Fsp3) is 0.522. The molecule has 0 fully saturated rings. The minimum atomic E-state index is 0.503. The van der Waals surface area contributed by atoms with Gasteiger partial charge >= 0.3 is 0 Å². The van der Waals surface area contributed by atoms with Gasteiger partial charge < -0.3 is 0 Å². The van der Waals surface area contributed by atoms with Crippen LogP contribution in [-0.4, -0.2) is 4.98 Å². The van der Waals surface area contributed by atoms with Crippen LogP contribution in [0.2, 0.25) is 0 Å². The zero-order valence-corrected chi connectivity index (χ0v) is 16.2. The van der Waals surface area contributed by atoms with E-state index in [4.69, 9.17) is 0 Å². The minimum Gasteiger partial charge on any atom is -0.261 e. The molecule has 1 aromatic heterocycles. The lowest BCUT2D eigenvalue weighted by atomic mass is 9.89. The van der Waals surface area contributed by atoms with Gasteiger partial charge in [-0.1, -0.05) is 71.9 Å². The van der Waals surface area contributed by atoms with Crippen molar-refractivity contribution in [2.24, 2.45) is 0 Å². The molecule has 0 spiro atoms. The van der Waals surface area contributed by atoms with Gasteiger partial charge in [0.2, 0.25) is 0 Å². The van der Waals surface area contributed by atoms with Gasteiger partial charge in [-0.2, -0.15) is 0 Å². The Morgan fingerprint density at radius 3 is 1.58 bits per heavy atom. The van der Waals surface area contributed by atoms with Crippen molar-refractivity contribution in [1.29, 1.82) is 0 Å². The van der Waals surface area contributed by atoms with Crippen molar-refractivity contribution in [3.05, 3.63) is 65.0 Å². The Balaban J connectivity index is 1.91. The van der Waals surface area contributed by atoms with Gasteiger partial charge in [0, 0.05) is 11.9 Å². The molecule has 1 nitrogen and oxygen atoms in total. The van der Waals surface area contributed by atoms with Crippen molar-refractivity contribution in [1.82, 2.24) is 4.98 Å². The van der Waals surface area contributed by atoms with E-state index in [-0.39, 0.29) is 0 Å². The Morgan fingerprint density at radius 1 is 0.625 bits per heavy atom. The lowest BCUT2D eigenvalue weighted by Gasteiger charge is -2.17. The van der Waals surface area contributed by atoms with Crippen molar-refractivity contribution in [2.45, 2.75) is 78.1 Å². The van der Waals surface area contributed by atoms with Crippen LogP contribution in [-0.2, 0) is 0 Å². The summed E-state index contributed by atoms with van der Waals surface area (Å²) < 4.78 is 0. The summed E-state index contributed by atoms with van der Waals surface area (Å²) in [6.45, 7) is 13.5. The third-order valence-electron chi connectivity index (χ3n) is 5.17. The van der Waals surface area contributed by atoms with Gasteiger partial charge in [-0.3, -0.25) is 4.98 Å². The summed E-state index contributed by atoms with van der Waals surface area (Å²) in [5.41, 5.74) is 5.43. The first-order valence-electron chi connectivity index (χ1n) is 9.44. The Bertz CT molecular complexity index is 550. The standard InChI is InChI=1S/C23H33N/c1-16(2)20-9-11-21(12-10-20)18(5)7-8-19(6)22-13-14-23(17(3)4)24-15-22/h9-19H,7-8H2,1-6H3. The maximum Gasteiger partial charge on any atom is 0.0429 e. The van der Waals surface area contributed by atoms with E-state index in [1.54, 1.807) is 0 Å². The number of hydrogen-bond acceptors (Lipinski definition) is 1. The summed E-state index contributed by atoms with van der Waals surface area (Å²) in [6, 6.07) is 13.6. The van der Waals surface area contributed by atoms with E-state index in [1.165, 1.54) is 35.2 Å². The normalized spacial score (nSPS) is 14.2. The van der Waals surface area contributed by atoms with E-state index in [2.05, 4.69) is 89.1 Å². The van der Waals surface area contributed by atoms with Gasteiger partial charge in [-0.25, -0.2) is 0 Å². The molecule has 0 aliphatic carbocycles. The van der Waals surface area contributed by atoms with E-state index in [1.807, 2.05) is 0 Å². The highest BCUT2D eigenvalue weighted by Gasteiger charge is 2.12. The van der Waals surface area contributed by atoms with Crippen LogP contribution < -0.4 is 0 Å². The third kappa shape index (κ3) is 4.93. The first-order chi connectivity index (χ1) is 11.4. The smallest absolute Gasteiger partial charge is 0.0429 e. The first-order valence-corrected chi connectivity index (χ1v) is 9.44. The molecule has 1 heteroatoms. The summed E-state index contributed by atoms with van der Waals surface area (Å²) in [5, 5.41) is 0. The highest BCUT2D eigenvalue weighted by molar-refractivity contribution is 5.27. The van der Waals surface area contributed by atoms with Crippen molar-refractivity contribution >= 4 is 0 Å². The summed E-state index contributed by atoms with van der Waals surface area (Å²) in [5.74, 6) is 2.28. The number of pyridine rings is 1. The van der Waals surface area contributed by atoms with Crippen LogP contribution in [0.15, 0.2) is 42.6 Å². The Morgan fingerprint density at radius 2 is 1.12 bits per heavy atom. The Hall–Kier alpha value is -1.63. The Kier molecular flexibility index (Phi) is 6.60. The molecule has 2 atom stereocenters. The van der Waals surface area contributed by atoms with Crippen LogP contribution in [0.5, 0.6) is 0 Å². The fourth-order valence-electron chi connectivity index (χ4n) is 3.09. The number of benzene rings is 1. The first kappa shape index (κ1) is 18.7. The second-order valence-electron chi connectivity index (χ2n) is 7.87. The van der Waals surface area contributed by atoms with Crippen molar-refractivity contribution in [3.63, 3.8) is 0 Å². The monoisotopic (exact) mass is 323 g/mol. The van der Waals surface area contributed by atoms with Crippen LogP contribution in [0.3, 0.4) is 0 Å². The fourth-order valence-corrected chi connectivity index (χ4v) is 3.09. The predicted molar refractivity (Wildman–Crippen MR) is 105 cm³/mol. The summed E-state index contributed by atoms with van der Waals surface area (Å²) in [7, 11) is 0. The average Bonchev–Trinajstić information content (AvgIpc) is 2.59. The Labute approximate surface area is 148 Å². The van der Waals surface area contributed by atoms with Crippen molar-refractivity contribution in [3.8, 4) is 0 Å². The van der Waals surface area contributed by atoms with E-state index < -0.39 is 0 Å². The van der Waals surface area contributed by atoms with Crippen LogP contribution in [0, 0.1) is 0 Å². The van der Waals surface area contributed by atoms with Gasteiger partial charge in [-0.05, 0) is 59.3 Å². The molecule has 0 saturated heterocycles. The molecule has 24 heavy (non-hydrogen) atoms. The molecule has 130 valence electrons. The second kappa shape index (κ2) is 8.46. The SMILES string of the molecule is CC(C)c1ccc(C(C)CCC(C)c2ccc(C(C)C)nc2)cc1. The van der Waals surface area contributed by atoms with Crippen LogP contribution in [0.1, 0.15) is 100 Å². The quantitative estimate of drug-likeness (QED) is 0.533. The maximum atomic E-state index is 4.61. The highest BCUT2D eigenvalue weighted by atomic mass is 14.7. The average molecular weight is 324 g/mol. The zero-order chi connectivity index (χ0) is 17.7.